The maximum atomic E-state index is 3.77. The third-order valence-corrected chi connectivity index (χ3v) is 2.59. The van der Waals surface area contributed by atoms with Crippen LogP contribution in [0.2, 0.25) is 0 Å². The van der Waals surface area contributed by atoms with Crippen molar-refractivity contribution in [3.8, 4) is 0 Å². The molecule has 0 aliphatic carbocycles. The van der Waals surface area contributed by atoms with Crippen LogP contribution in [-0.2, 0) is 0 Å². The highest BCUT2D eigenvalue weighted by Gasteiger charge is 1.87. The van der Waals surface area contributed by atoms with E-state index in [4.69, 9.17) is 0 Å². The third-order valence-electron chi connectivity index (χ3n) is 1.22. The van der Waals surface area contributed by atoms with Crippen LogP contribution < -0.4 is 9.55 Å². The van der Waals surface area contributed by atoms with Gasteiger partial charge in [-0.1, -0.05) is 18.0 Å². The molecule has 2 rings (SSSR count). The van der Waals surface area contributed by atoms with Crippen LogP contribution in [-0.4, -0.2) is 18.5 Å². The van der Waals surface area contributed by atoms with Gasteiger partial charge >= 0.3 is 0 Å². The molecule has 12 heavy (non-hydrogen) atoms. The maximum absolute atomic E-state index is 3.77. The first-order valence-corrected chi connectivity index (χ1v) is 5.78. The van der Waals surface area contributed by atoms with Crippen LogP contribution >= 0.6 is 23.9 Å². The van der Waals surface area contributed by atoms with Gasteiger partial charge in [0.2, 0.25) is 0 Å². The molecule has 0 amide bonds. The van der Waals surface area contributed by atoms with E-state index >= 15 is 0 Å². The predicted octanol–water partition coefficient (Wildman–Crippen LogP) is 1.76. The Bertz CT molecular complexity index is 125. The SMILES string of the molecule is C1=CSNCC1.C1=NNSCC1. The second-order valence-electron chi connectivity index (χ2n) is 2.21. The van der Waals surface area contributed by atoms with Crippen LogP contribution in [0.4, 0.5) is 0 Å². The Hall–Kier alpha value is -0.130. The Balaban J connectivity index is 0.000000120. The normalized spacial score (nSPS) is 20.7. The van der Waals surface area contributed by atoms with Crippen LogP contribution in [0.15, 0.2) is 16.6 Å². The predicted molar refractivity (Wildman–Crippen MR) is 58.1 cm³/mol. The van der Waals surface area contributed by atoms with Gasteiger partial charge in [-0.2, -0.15) is 5.10 Å². The number of hydrogen-bond donors (Lipinski definition) is 2. The summed E-state index contributed by atoms with van der Waals surface area (Å²) in [5.41, 5.74) is 0. The number of nitrogens with one attached hydrogen (secondary N) is 2. The lowest BCUT2D eigenvalue weighted by atomic mass is 10.4. The average molecular weight is 203 g/mol. The van der Waals surface area contributed by atoms with E-state index in [1.165, 1.54) is 6.42 Å². The second kappa shape index (κ2) is 7.52. The summed E-state index contributed by atoms with van der Waals surface area (Å²) in [6, 6.07) is 0. The van der Waals surface area contributed by atoms with Crippen LogP contribution in [0.25, 0.3) is 0 Å². The van der Waals surface area contributed by atoms with E-state index in [1.807, 2.05) is 6.21 Å². The highest BCUT2D eigenvalue weighted by molar-refractivity contribution is 8.00. The lowest BCUT2D eigenvalue weighted by Gasteiger charge is -2.00. The first kappa shape index (κ1) is 9.95. The van der Waals surface area contributed by atoms with Crippen molar-refractivity contribution in [3.63, 3.8) is 0 Å². The Kier molecular flexibility index (Phi) is 6.23. The van der Waals surface area contributed by atoms with Gasteiger partial charge in [-0.25, -0.2) is 0 Å². The summed E-state index contributed by atoms with van der Waals surface area (Å²) >= 11 is 3.31. The lowest BCUT2D eigenvalue weighted by molar-refractivity contribution is 0.931. The van der Waals surface area contributed by atoms with E-state index in [-0.39, 0.29) is 0 Å². The molecule has 0 aromatic heterocycles. The number of nitrogens with zero attached hydrogens (tertiary/aromatic N) is 1. The molecule has 2 heterocycles. The molecule has 0 atom stereocenters. The molecular weight excluding hydrogens is 190 g/mol. The zero-order valence-electron chi connectivity index (χ0n) is 6.82. The van der Waals surface area contributed by atoms with E-state index in [1.54, 1.807) is 23.9 Å². The highest BCUT2D eigenvalue weighted by Crippen LogP contribution is 2.01. The fourth-order valence-electron chi connectivity index (χ4n) is 0.662. The van der Waals surface area contributed by atoms with Crippen molar-refractivity contribution in [2.45, 2.75) is 12.8 Å². The molecule has 68 valence electrons. The summed E-state index contributed by atoms with van der Waals surface area (Å²) in [7, 11) is 0. The molecular formula is C7H13N3S2. The number of hydrogen-bond acceptors (Lipinski definition) is 5. The van der Waals surface area contributed by atoms with Crippen LogP contribution in [0.5, 0.6) is 0 Å². The van der Waals surface area contributed by atoms with Gasteiger partial charge in [0.1, 0.15) is 0 Å². The van der Waals surface area contributed by atoms with Crippen LogP contribution in [0.1, 0.15) is 12.8 Å². The van der Waals surface area contributed by atoms with E-state index < -0.39 is 0 Å². The molecule has 5 heteroatoms. The zero-order valence-corrected chi connectivity index (χ0v) is 8.46. The minimum absolute atomic E-state index is 1.11. The van der Waals surface area contributed by atoms with E-state index in [9.17, 15) is 0 Å². The highest BCUT2D eigenvalue weighted by atomic mass is 32.2. The zero-order chi connectivity index (χ0) is 8.49. The monoisotopic (exact) mass is 203 g/mol. The Morgan fingerprint density at radius 1 is 1.33 bits per heavy atom. The van der Waals surface area contributed by atoms with Gasteiger partial charge in [0.15, 0.2) is 0 Å². The lowest BCUT2D eigenvalue weighted by Crippen LogP contribution is -2.05. The molecule has 0 spiro atoms. The molecule has 0 aromatic carbocycles. The standard InChI is InChI=1S/C4H7NS.C3H6N2S/c1-2-4-6-5-3-1;1-2-4-5-6-3-1/h2,4-5H,1,3H2;2,5H,1,3H2. The third kappa shape index (κ3) is 5.51. The second-order valence-corrected chi connectivity index (χ2v) is 3.89. The van der Waals surface area contributed by atoms with Crippen molar-refractivity contribution < 1.29 is 0 Å². The Morgan fingerprint density at radius 2 is 2.33 bits per heavy atom. The Labute approximate surface area is 81.7 Å². The summed E-state index contributed by atoms with van der Waals surface area (Å²) in [5, 5.41) is 5.84. The van der Waals surface area contributed by atoms with Gasteiger partial charge in [-0.3, -0.25) is 9.55 Å². The van der Waals surface area contributed by atoms with E-state index in [2.05, 4.69) is 26.1 Å². The minimum atomic E-state index is 1.11. The van der Waals surface area contributed by atoms with Gasteiger partial charge in [0.05, 0.1) is 0 Å². The van der Waals surface area contributed by atoms with Crippen molar-refractivity contribution >= 4 is 30.1 Å². The number of rotatable bonds is 0. The van der Waals surface area contributed by atoms with Crippen LogP contribution in [0, 0.1) is 0 Å². The van der Waals surface area contributed by atoms with Gasteiger partial charge < -0.3 is 0 Å². The van der Waals surface area contributed by atoms with Gasteiger partial charge in [-0.05, 0) is 30.2 Å². The van der Waals surface area contributed by atoms with Crippen molar-refractivity contribution in [2.24, 2.45) is 5.10 Å². The van der Waals surface area contributed by atoms with Crippen molar-refractivity contribution in [3.05, 3.63) is 11.5 Å². The molecule has 2 N–H and O–H groups in total. The molecule has 0 unspecified atom stereocenters. The minimum Gasteiger partial charge on any atom is -0.260 e. The smallest absolute Gasteiger partial charge is 0.0261 e. The Morgan fingerprint density at radius 3 is 2.50 bits per heavy atom. The fourth-order valence-corrected chi connectivity index (χ4v) is 1.69. The summed E-state index contributed by atoms with van der Waals surface area (Å²) in [6.45, 7) is 1.13. The first-order valence-electron chi connectivity index (χ1n) is 3.92. The van der Waals surface area contributed by atoms with Crippen LogP contribution in [0.3, 0.4) is 0 Å². The van der Waals surface area contributed by atoms with Gasteiger partial charge in [0.25, 0.3) is 0 Å². The molecule has 0 saturated carbocycles. The molecule has 3 nitrogen and oxygen atoms in total. The van der Waals surface area contributed by atoms with Gasteiger partial charge in [0, 0.05) is 18.5 Å². The molecule has 2 aliphatic heterocycles. The quantitative estimate of drug-likeness (QED) is 0.588. The molecule has 0 saturated heterocycles. The van der Waals surface area contributed by atoms with Crippen molar-refractivity contribution in [1.29, 1.82) is 0 Å². The summed E-state index contributed by atoms with van der Waals surface area (Å²) in [6.07, 6.45) is 6.35. The summed E-state index contributed by atoms with van der Waals surface area (Å²) in [4.78, 5) is 2.77. The van der Waals surface area contributed by atoms with E-state index in [0.717, 1.165) is 18.7 Å². The molecule has 0 aromatic rings. The first-order chi connectivity index (χ1) is 6.00. The molecule has 0 fully saturated rings. The van der Waals surface area contributed by atoms with E-state index in [0.29, 0.717) is 0 Å². The number of hydrazone groups is 1. The molecule has 0 bridgehead atoms. The average Bonchev–Trinajstić information content (AvgIpc) is 2.24. The van der Waals surface area contributed by atoms with Crippen molar-refractivity contribution in [2.75, 3.05) is 12.3 Å². The fraction of sp³-hybridized carbons (Fsp3) is 0.571. The molecule has 0 radical (unpaired) electrons. The largest absolute Gasteiger partial charge is 0.260 e. The summed E-state index contributed by atoms with van der Waals surface area (Å²) in [5.74, 6) is 1.16. The molecule has 2 aliphatic rings. The van der Waals surface area contributed by atoms with Gasteiger partial charge in [-0.15, -0.1) is 0 Å². The summed E-state index contributed by atoms with van der Waals surface area (Å²) < 4.78 is 3.11. The maximum Gasteiger partial charge on any atom is 0.0261 e. The van der Waals surface area contributed by atoms with Crippen molar-refractivity contribution in [1.82, 2.24) is 9.55 Å². The topological polar surface area (TPSA) is 36.4 Å².